The number of halogens is 1. The van der Waals surface area contributed by atoms with Gasteiger partial charge in [0.15, 0.2) is 0 Å². The highest BCUT2D eigenvalue weighted by Gasteiger charge is 2.26. The van der Waals surface area contributed by atoms with Gasteiger partial charge >= 0.3 is 6.09 Å². The molecular formula is C14H17BrN2O4. The van der Waals surface area contributed by atoms with E-state index in [0.29, 0.717) is 4.47 Å². The van der Waals surface area contributed by atoms with Crippen LogP contribution in [0.5, 0.6) is 0 Å². The molecule has 0 bridgehead atoms. The van der Waals surface area contributed by atoms with E-state index in [1.165, 1.54) is 19.2 Å². The van der Waals surface area contributed by atoms with Crippen molar-refractivity contribution < 1.29 is 19.1 Å². The van der Waals surface area contributed by atoms with Crippen molar-refractivity contribution in [2.45, 2.75) is 39.3 Å². The van der Waals surface area contributed by atoms with Crippen molar-refractivity contribution in [2.24, 2.45) is 0 Å². The Kier molecular flexibility index (Phi) is 5.60. The average Bonchev–Trinajstić information content (AvgIpc) is 2.35. The van der Waals surface area contributed by atoms with Gasteiger partial charge in [0, 0.05) is 10.7 Å². The second-order valence-corrected chi connectivity index (χ2v) is 6.34. The van der Waals surface area contributed by atoms with Crippen molar-refractivity contribution in [3.05, 3.63) is 28.5 Å². The Labute approximate surface area is 131 Å². The summed E-state index contributed by atoms with van der Waals surface area (Å²) in [7, 11) is 0. The molecule has 0 radical (unpaired) electrons. The van der Waals surface area contributed by atoms with Gasteiger partial charge in [0.1, 0.15) is 11.3 Å². The first kappa shape index (κ1) is 17.3. The van der Waals surface area contributed by atoms with E-state index in [-0.39, 0.29) is 5.69 Å². The molecule has 1 aromatic heterocycles. The van der Waals surface area contributed by atoms with Crippen molar-refractivity contribution >= 4 is 33.6 Å². The highest BCUT2D eigenvalue weighted by atomic mass is 79.9. The number of carbonyl (C=O) groups is 3. The molecule has 0 aromatic carbocycles. The maximum absolute atomic E-state index is 12.0. The Balaban J connectivity index is 2.68. The lowest BCUT2D eigenvalue weighted by molar-refractivity contribution is -0.116. The summed E-state index contributed by atoms with van der Waals surface area (Å²) >= 11 is 3.19. The first-order valence-electron chi connectivity index (χ1n) is 6.30. The fraction of sp³-hybridized carbons (Fsp3) is 0.429. The molecule has 114 valence electrons. The van der Waals surface area contributed by atoms with Gasteiger partial charge in [-0.2, -0.15) is 0 Å². The Morgan fingerprint density at radius 2 is 1.90 bits per heavy atom. The molecule has 0 saturated heterocycles. The van der Waals surface area contributed by atoms with E-state index in [0.717, 1.165) is 0 Å². The van der Waals surface area contributed by atoms with Crippen LogP contribution >= 0.6 is 15.9 Å². The van der Waals surface area contributed by atoms with Gasteiger partial charge in [-0.25, -0.2) is 4.79 Å². The SMILES string of the molecule is C[C@H](NC(=O)OC(C)(C)C)C(=O)C(=O)c1ccc(Br)cn1. The Hall–Kier alpha value is -1.76. The topological polar surface area (TPSA) is 85.4 Å². The summed E-state index contributed by atoms with van der Waals surface area (Å²) in [6.07, 6.45) is 0.673. The number of carbonyl (C=O) groups excluding carboxylic acids is 3. The summed E-state index contributed by atoms with van der Waals surface area (Å²) < 4.78 is 5.72. The molecule has 0 unspecified atom stereocenters. The highest BCUT2D eigenvalue weighted by Crippen LogP contribution is 2.09. The molecule has 0 aliphatic carbocycles. The van der Waals surface area contributed by atoms with Gasteiger partial charge in [-0.15, -0.1) is 0 Å². The Morgan fingerprint density at radius 3 is 2.38 bits per heavy atom. The number of nitrogens with one attached hydrogen (secondary N) is 1. The molecule has 6 nitrogen and oxygen atoms in total. The molecule has 1 aromatic rings. The number of nitrogens with zero attached hydrogens (tertiary/aromatic N) is 1. The number of ketones is 2. The van der Waals surface area contributed by atoms with Crippen molar-refractivity contribution in [3.63, 3.8) is 0 Å². The lowest BCUT2D eigenvalue weighted by Gasteiger charge is -2.21. The fourth-order valence-corrected chi connectivity index (χ4v) is 1.62. The van der Waals surface area contributed by atoms with E-state index in [1.807, 2.05) is 0 Å². The van der Waals surface area contributed by atoms with Gasteiger partial charge in [-0.3, -0.25) is 14.6 Å². The van der Waals surface area contributed by atoms with Crippen LogP contribution < -0.4 is 5.32 Å². The monoisotopic (exact) mass is 356 g/mol. The highest BCUT2D eigenvalue weighted by molar-refractivity contribution is 9.10. The zero-order valence-corrected chi connectivity index (χ0v) is 13.9. The van der Waals surface area contributed by atoms with Crippen LogP contribution in [0, 0.1) is 0 Å². The Bertz CT molecular complexity index is 549. The van der Waals surface area contributed by atoms with Gasteiger partial charge in [0.2, 0.25) is 11.6 Å². The van der Waals surface area contributed by atoms with Crippen LogP contribution in [0.1, 0.15) is 38.2 Å². The summed E-state index contributed by atoms with van der Waals surface area (Å²) in [6.45, 7) is 6.53. The normalized spacial score (nSPS) is 12.4. The zero-order chi connectivity index (χ0) is 16.2. The number of alkyl carbamates (subject to hydrolysis) is 1. The maximum Gasteiger partial charge on any atom is 0.408 e. The maximum atomic E-state index is 12.0. The second kappa shape index (κ2) is 6.80. The van der Waals surface area contributed by atoms with Crippen LogP contribution in [0.2, 0.25) is 0 Å². The van der Waals surface area contributed by atoms with Gasteiger partial charge in [0.25, 0.3) is 0 Å². The molecule has 1 rings (SSSR count). The minimum Gasteiger partial charge on any atom is -0.444 e. The lowest BCUT2D eigenvalue weighted by atomic mass is 10.1. The van der Waals surface area contributed by atoms with E-state index in [1.54, 1.807) is 26.8 Å². The third-order valence-electron chi connectivity index (χ3n) is 2.31. The standard InChI is InChI=1S/C14H17BrN2O4/c1-8(17-13(20)21-14(2,3)4)11(18)12(19)10-6-5-9(15)7-16-10/h5-8H,1-4H3,(H,17,20)/t8-/m0/s1. The number of Topliss-reactive ketones (excluding diaryl/α,β-unsaturated/α-hetero) is 2. The number of pyridine rings is 1. The largest absolute Gasteiger partial charge is 0.444 e. The van der Waals surface area contributed by atoms with E-state index < -0.39 is 29.3 Å². The lowest BCUT2D eigenvalue weighted by Crippen LogP contribution is -2.44. The molecule has 1 atom stereocenters. The quantitative estimate of drug-likeness (QED) is 0.661. The van der Waals surface area contributed by atoms with Crippen LogP contribution in [0.15, 0.2) is 22.8 Å². The third kappa shape index (κ3) is 5.63. The summed E-state index contributed by atoms with van der Waals surface area (Å²) in [5.41, 5.74) is -0.648. The van der Waals surface area contributed by atoms with E-state index in [4.69, 9.17) is 4.74 Å². The molecule has 0 fully saturated rings. The van der Waals surface area contributed by atoms with E-state index in [9.17, 15) is 14.4 Å². The number of amides is 1. The smallest absolute Gasteiger partial charge is 0.408 e. The zero-order valence-electron chi connectivity index (χ0n) is 12.3. The summed E-state index contributed by atoms with van der Waals surface area (Å²) in [5.74, 6) is -1.51. The predicted octanol–water partition coefficient (Wildman–Crippen LogP) is 2.51. The molecule has 1 heterocycles. The summed E-state index contributed by atoms with van der Waals surface area (Å²) in [5, 5.41) is 2.33. The van der Waals surface area contributed by atoms with Crippen LogP contribution in [0.25, 0.3) is 0 Å². The van der Waals surface area contributed by atoms with Crippen LogP contribution in [-0.4, -0.2) is 34.3 Å². The fourth-order valence-electron chi connectivity index (χ4n) is 1.38. The minimum atomic E-state index is -0.988. The van der Waals surface area contributed by atoms with Crippen molar-refractivity contribution in [1.29, 1.82) is 0 Å². The first-order chi connectivity index (χ1) is 9.60. The molecule has 21 heavy (non-hydrogen) atoms. The van der Waals surface area contributed by atoms with Gasteiger partial charge < -0.3 is 10.1 Å². The second-order valence-electron chi connectivity index (χ2n) is 5.42. The van der Waals surface area contributed by atoms with Gasteiger partial charge in [0.05, 0.1) is 6.04 Å². The number of rotatable bonds is 4. The number of hydrogen-bond donors (Lipinski definition) is 1. The van der Waals surface area contributed by atoms with Gasteiger partial charge in [-0.05, 0) is 55.8 Å². The summed E-state index contributed by atoms with van der Waals surface area (Å²) in [6, 6.07) is 2.06. The molecule has 1 N–H and O–H groups in total. The van der Waals surface area contributed by atoms with Crippen LogP contribution in [-0.2, 0) is 9.53 Å². The first-order valence-corrected chi connectivity index (χ1v) is 7.09. The average molecular weight is 357 g/mol. The van der Waals surface area contributed by atoms with Crippen LogP contribution in [0.3, 0.4) is 0 Å². The van der Waals surface area contributed by atoms with Crippen molar-refractivity contribution in [3.8, 4) is 0 Å². The van der Waals surface area contributed by atoms with Crippen molar-refractivity contribution in [2.75, 3.05) is 0 Å². The summed E-state index contributed by atoms with van der Waals surface area (Å²) in [4.78, 5) is 39.3. The number of hydrogen-bond acceptors (Lipinski definition) is 5. The minimum absolute atomic E-state index is 0.0287. The predicted molar refractivity (Wildman–Crippen MR) is 80.1 cm³/mol. The molecule has 0 aliphatic rings. The molecule has 7 heteroatoms. The van der Waals surface area contributed by atoms with Crippen molar-refractivity contribution in [1.82, 2.24) is 10.3 Å². The van der Waals surface area contributed by atoms with Crippen LogP contribution in [0.4, 0.5) is 4.79 Å². The van der Waals surface area contributed by atoms with Gasteiger partial charge in [-0.1, -0.05) is 0 Å². The number of ether oxygens (including phenoxy) is 1. The Morgan fingerprint density at radius 1 is 1.29 bits per heavy atom. The van der Waals surface area contributed by atoms with E-state index >= 15 is 0 Å². The number of aromatic nitrogens is 1. The molecule has 1 amide bonds. The molecule has 0 aliphatic heterocycles. The molecule has 0 spiro atoms. The molecular weight excluding hydrogens is 340 g/mol. The molecule has 0 saturated carbocycles. The third-order valence-corrected chi connectivity index (χ3v) is 2.78. The van der Waals surface area contributed by atoms with E-state index in [2.05, 4.69) is 26.2 Å².